The van der Waals surface area contributed by atoms with E-state index in [9.17, 15) is 0 Å². The fourth-order valence-electron chi connectivity index (χ4n) is 1.09. The Morgan fingerprint density at radius 3 is 2.71 bits per heavy atom. The van der Waals surface area contributed by atoms with Gasteiger partial charge in [-0.05, 0) is 18.6 Å². The monoisotopic (exact) mass is 244 g/mol. The van der Waals surface area contributed by atoms with Gasteiger partial charge in [-0.3, -0.25) is 0 Å². The molecule has 0 atom stereocenters. The lowest BCUT2D eigenvalue weighted by molar-refractivity contribution is 1.04. The van der Waals surface area contributed by atoms with Crippen molar-refractivity contribution in [3.05, 3.63) is 22.0 Å². The molecule has 0 aliphatic heterocycles. The first kappa shape index (κ1) is 10.1. The summed E-state index contributed by atoms with van der Waals surface area (Å²) in [6, 6.07) is 4.24. The first-order chi connectivity index (χ1) is 6.83. The molecule has 0 amide bonds. The molecule has 2 aromatic rings. The maximum absolute atomic E-state index is 5.67. The van der Waals surface area contributed by atoms with E-state index in [1.54, 1.807) is 22.7 Å². The van der Waals surface area contributed by atoms with Crippen LogP contribution in [0.3, 0.4) is 0 Å². The van der Waals surface area contributed by atoms with Gasteiger partial charge < -0.3 is 0 Å². The largest absolute Gasteiger partial charge is 0.157 e. The van der Waals surface area contributed by atoms with Crippen LogP contribution in [0.2, 0.25) is 0 Å². The maximum Gasteiger partial charge on any atom is 0.157 e. The molecule has 14 heavy (non-hydrogen) atoms. The lowest BCUT2D eigenvalue weighted by atomic mass is 10.4. The average molecular weight is 245 g/mol. The third-order valence-corrected chi connectivity index (χ3v) is 4.54. The van der Waals surface area contributed by atoms with Crippen LogP contribution in [0, 0.1) is 0 Å². The second-order valence-electron chi connectivity index (χ2n) is 2.75. The Morgan fingerprint density at radius 2 is 2.14 bits per heavy atom. The third kappa shape index (κ3) is 1.97. The van der Waals surface area contributed by atoms with Gasteiger partial charge in [0.1, 0.15) is 5.01 Å². The van der Waals surface area contributed by atoms with Crippen LogP contribution in [0.5, 0.6) is 0 Å². The summed E-state index contributed by atoms with van der Waals surface area (Å²) in [4.78, 5) is 2.57. The van der Waals surface area contributed by atoms with Crippen LogP contribution in [0.4, 0.5) is 0 Å². The summed E-state index contributed by atoms with van der Waals surface area (Å²) in [6.45, 7) is 2.15. The maximum atomic E-state index is 5.67. The van der Waals surface area contributed by atoms with Crippen molar-refractivity contribution in [1.29, 1.82) is 0 Å². The summed E-state index contributed by atoms with van der Waals surface area (Å²) in [5.41, 5.74) is 0. The quantitative estimate of drug-likeness (QED) is 0.772. The first-order valence-electron chi connectivity index (χ1n) is 4.31. The molecule has 2 nitrogen and oxygen atoms in total. The van der Waals surface area contributed by atoms with E-state index in [2.05, 4.69) is 29.3 Å². The normalized spacial score (nSPS) is 10.7. The summed E-state index contributed by atoms with van der Waals surface area (Å²) in [6.07, 6.45) is 1.08. The van der Waals surface area contributed by atoms with Crippen LogP contribution in [0.25, 0.3) is 9.88 Å². The highest BCUT2D eigenvalue weighted by molar-refractivity contribution is 7.21. The van der Waals surface area contributed by atoms with Gasteiger partial charge in [-0.25, -0.2) is 0 Å². The van der Waals surface area contributed by atoms with Crippen LogP contribution < -0.4 is 0 Å². The van der Waals surface area contributed by atoms with Crippen molar-refractivity contribution in [3.8, 4) is 9.88 Å². The highest BCUT2D eigenvalue weighted by Crippen LogP contribution is 2.30. The summed E-state index contributed by atoms with van der Waals surface area (Å²) in [5.74, 6) is 0.448. The minimum absolute atomic E-state index is 0.448. The second-order valence-corrected chi connectivity index (χ2v) is 5.25. The fourth-order valence-corrected chi connectivity index (χ4v) is 2.99. The Bertz CT molecular complexity index is 382. The molecule has 74 valence electrons. The van der Waals surface area contributed by atoms with Crippen LogP contribution in [-0.4, -0.2) is 10.2 Å². The number of aryl methyl sites for hydroxylation is 1. The SMILES string of the molecule is CCc1ccc(-c2nnc(CCl)s2)s1. The fraction of sp³-hybridized carbons (Fsp3) is 0.333. The average Bonchev–Trinajstić information content (AvgIpc) is 2.86. The number of rotatable bonds is 3. The number of alkyl halides is 1. The van der Waals surface area contributed by atoms with Crippen LogP contribution in [0.15, 0.2) is 12.1 Å². The van der Waals surface area contributed by atoms with Gasteiger partial charge in [0.05, 0.1) is 10.8 Å². The summed E-state index contributed by atoms with van der Waals surface area (Å²) >= 11 is 9.01. The highest BCUT2D eigenvalue weighted by Gasteiger charge is 2.07. The van der Waals surface area contributed by atoms with E-state index in [0.29, 0.717) is 5.88 Å². The molecule has 2 rings (SSSR count). The topological polar surface area (TPSA) is 25.8 Å². The van der Waals surface area contributed by atoms with Crippen molar-refractivity contribution in [1.82, 2.24) is 10.2 Å². The van der Waals surface area contributed by atoms with E-state index in [1.807, 2.05) is 0 Å². The molecule has 2 heterocycles. The van der Waals surface area contributed by atoms with Gasteiger partial charge >= 0.3 is 0 Å². The molecule has 0 fully saturated rings. The molecule has 0 bridgehead atoms. The standard InChI is InChI=1S/C9H9ClN2S2/c1-2-6-3-4-7(13-6)9-12-11-8(5-10)14-9/h3-4H,2,5H2,1H3. The molecule has 0 radical (unpaired) electrons. The van der Waals surface area contributed by atoms with Crippen molar-refractivity contribution in [2.75, 3.05) is 0 Å². The van der Waals surface area contributed by atoms with Gasteiger partial charge in [0.15, 0.2) is 5.01 Å². The zero-order valence-electron chi connectivity index (χ0n) is 7.66. The third-order valence-electron chi connectivity index (χ3n) is 1.80. The molecule has 2 aromatic heterocycles. The van der Waals surface area contributed by atoms with Gasteiger partial charge in [0.2, 0.25) is 0 Å². The number of hydrogen-bond donors (Lipinski definition) is 0. The van der Waals surface area contributed by atoms with Crippen molar-refractivity contribution >= 4 is 34.3 Å². The predicted octanol–water partition coefficient (Wildman–Crippen LogP) is 3.57. The summed E-state index contributed by atoms with van der Waals surface area (Å²) < 4.78 is 0. The predicted molar refractivity (Wildman–Crippen MR) is 62.2 cm³/mol. The molecular weight excluding hydrogens is 236 g/mol. The minimum atomic E-state index is 0.448. The minimum Gasteiger partial charge on any atom is -0.142 e. The lowest BCUT2D eigenvalue weighted by Gasteiger charge is -1.85. The van der Waals surface area contributed by atoms with Crippen LogP contribution >= 0.6 is 34.3 Å². The van der Waals surface area contributed by atoms with E-state index in [1.165, 1.54) is 9.75 Å². The Balaban J connectivity index is 2.29. The molecule has 5 heteroatoms. The van der Waals surface area contributed by atoms with E-state index < -0.39 is 0 Å². The number of halogens is 1. The highest BCUT2D eigenvalue weighted by atomic mass is 35.5. The number of aromatic nitrogens is 2. The van der Waals surface area contributed by atoms with Crippen molar-refractivity contribution in [2.45, 2.75) is 19.2 Å². The molecule has 0 aromatic carbocycles. The smallest absolute Gasteiger partial charge is 0.142 e. The van der Waals surface area contributed by atoms with E-state index in [0.717, 1.165) is 16.4 Å². The van der Waals surface area contributed by atoms with Gasteiger partial charge in [0.25, 0.3) is 0 Å². The Kier molecular flexibility index (Phi) is 3.15. The molecule has 0 aliphatic rings. The van der Waals surface area contributed by atoms with Crippen molar-refractivity contribution in [2.24, 2.45) is 0 Å². The van der Waals surface area contributed by atoms with Gasteiger partial charge in [-0.15, -0.1) is 33.1 Å². The lowest BCUT2D eigenvalue weighted by Crippen LogP contribution is -1.73. The zero-order valence-corrected chi connectivity index (χ0v) is 10.0. The molecule has 0 saturated carbocycles. The van der Waals surface area contributed by atoms with E-state index in [4.69, 9.17) is 11.6 Å². The Morgan fingerprint density at radius 1 is 1.29 bits per heavy atom. The zero-order chi connectivity index (χ0) is 9.97. The molecular formula is C9H9ClN2S2. The summed E-state index contributed by atoms with van der Waals surface area (Å²) in [7, 11) is 0. The van der Waals surface area contributed by atoms with Crippen LogP contribution in [0.1, 0.15) is 16.8 Å². The van der Waals surface area contributed by atoms with Gasteiger partial charge in [0, 0.05) is 4.88 Å². The second kappa shape index (κ2) is 4.38. The molecule has 0 spiro atoms. The number of hydrogen-bond acceptors (Lipinski definition) is 4. The number of nitrogens with zero attached hydrogens (tertiary/aromatic N) is 2. The molecule has 0 N–H and O–H groups in total. The first-order valence-corrected chi connectivity index (χ1v) is 6.47. The van der Waals surface area contributed by atoms with Crippen LogP contribution in [-0.2, 0) is 12.3 Å². The molecule has 0 unspecified atom stereocenters. The number of thiophene rings is 1. The Hall–Kier alpha value is -0.450. The molecule has 0 saturated heterocycles. The molecule has 0 aliphatic carbocycles. The summed E-state index contributed by atoms with van der Waals surface area (Å²) in [5, 5.41) is 9.95. The van der Waals surface area contributed by atoms with Gasteiger partial charge in [-0.1, -0.05) is 18.3 Å². The van der Waals surface area contributed by atoms with Crippen molar-refractivity contribution in [3.63, 3.8) is 0 Å². The van der Waals surface area contributed by atoms with E-state index >= 15 is 0 Å². The van der Waals surface area contributed by atoms with E-state index in [-0.39, 0.29) is 0 Å². The van der Waals surface area contributed by atoms with Gasteiger partial charge in [-0.2, -0.15) is 0 Å². The van der Waals surface area contributed by atoms with Crippen molar-refractivity contribution < 1.29 is 0 Å². The Labute approximate surface area is 95.6 Å².